The van der Waals surface area contributed by atoms with Gasteiger partial charge in [0.25, 0.3) is 5.91 Å². The van der Waals surface area contributed by atoms with Crippen LogP contribution in [0.2, 0.25) is 0 Å². The molecule has 0 unspecified atom stereocenters. The summed E-state index contributed by atoms with van der Waals surface area (Å²) in [6.45, 7) is 0.471. The van der Waals surface area contributed by atoms with Crippen LogP contribution in [0, 0.1) is 0 Å². The van der Waals surface area contributed by atoms with E-state index in [0.29, 0.717) is 35.7 Å². The summed E-state index contributed by atoms with van der Waals surface area (Å²) in [5.74, 6) is 1.25. The highest BCUT2D eigenvalue weighted by Crippen LogP contribution is 2.27. The lowest BCUT2D eigenvalue weighted by atomic mass is 10.1. The Balaban J connectivity index is 1.34. The number of nitrogens with zero attached hydrogens (tertiary/aromatic N) is 4. The minimum absolute atomic E-state index is 0.136. The standard InChI is InChI=1S/C23H20N8O3/c32-20-17(27-23(33)29-20)10-14-12-25-31-19(14)28-21(30-22(31)26-15-7-8-15)24-11-13-4-1-2-5-16(13)18-6-3-9-34-18/h1-6,9-10,12,15H,7-8,11H2,(H2,24,26,28,30)(H2,27,29,32,33)/b17-10-. The van der Waals surface area contributed by atoms with Crippen LogP contribution in [0.25, 0.3) is 23.0 Å². The van der Waals surface area contributed by atoms with Crippen LogP contribution in [-0.2, 0) is 11.3 Å². The predicted molar refractivity (Wildman–Crippen MR) is 124 cm³/mol. The molecule has 6 rings (SSSR count). The first-order valence-corrected chi connectivity index (χ1v) is 10.9. The molecule has 0 bridgehead atoms. The summed E-state index contributed by atoms with van der Waals surface area (Å²) in [5, 5.41) is 15.7. The fraction of sp³-hybridized carbons (Fsp3) is 0.174. The minimum Gasteiger partial charge on any atom is -0.464 e. The number of anilines is 2. The van der Waals surface area contributed by atoms with Crippen molar-refractivity contribution in [3.63, 3.8) is 0 Å². The molecule has 0 atom stereocenters. The van der Waals surface area contributed by atoms with Gasteiger partial charge in [0, 0.05) is 23.7 Å². The lowest BCUT2D eigenvalue weighted by molar-refractivity contribution is -0.115. The Morgan fingerprint density at radius 3 is 2.76 bits per heavy atom. The molecular formula is C23H20N8O3. The number of rotatable bonds is 7. The van der Waals surface area contributed by atoms with Gasteiger partial charge in [-0.25, -0.2) is 4.79 Å². The largest absolute Gasteiger partial charge is 0.464 e. The highest BCUT2D eigenvalue weighted by atomic mass is 16.3. The fourth-order valence-corrected chi connectivity index (χ4v) is 3.74. The number of nitrogens with one attached hydrogen (secondary N) is 4. The third kappa shape index (κ3) is 3.83. The van der Waals surface area contributed by atoms with E-state index < -0.39 is 11.9 Å². The quantitative estimate of drug-likeness (QED) is 0.246. The molecule has 34 heavy (non-hydrogen) atoms. The molecule has 4 heterocycles. The normalized spacial score (nSPS) is 16.6. The van der Waals surface area contributed by atoms with Crippen LogP contribution in [-0.4, -0.2) is 37.6 Å². The zero-order chi connectivity index (χ0) is 23.1. The van der Waals surface area contributed by atoms with Crippen LogP contribution < -0.4 is 21.3 Å². The Bertz CT molecular complexity index is 1440. The van der Waals surface area contributed by atoms with Gasteiger partial charge in [-0.1, -0.05) is 24.3 Å². The first-order valence-electron chi connectivity index (χ1n) is 10.9. The van der Waals surface area contributed by atoms with Crippen molar-refractivity contribution in [2.24, 2.45) is 0 Å². The van der Waals surface area contributed by atoms with E-state index in [9.17, 15) is 9.59 Å². The molecule has 0 radical (unpaired) electrons. The lowest BCUT2D eigenvalue weighted by Gasteiger charge is -2.12. The van der Waals surface area contributed by atoms with Crippen molar-refractivity contribution in [3.8, 4) is 11.3 Å². The van der Waals surface area contributed by atoms with Crippen LogP contribution in [0.4, 0.5) is 16.7 Å². The molecule has 1 aromatic carbocycles. The summed E-state index contributed by atoms with van der Waals surface area (Å²) in [7, 11) is 0. The maximum absolute atomic E-state index is 12.0. The van der Waals surface area contributed by atoms with Crippen LogP contribution >= 0.6 is 0 Å². The third-order valence-corrected chi connectivity index (χ3v) is 5.57. The van der Waals surface area contributed by atoms with E-state index in [4.69, 9.17) is 4.42 Å². The molecular weight excluding hydrogens is 436 g/mol. The smallest absolute Gasteiger partial charge is 0.326 e. The summed E-state index contributed by atoms with van der Waals surface area (Å²) in [6, 6.07) is 11.5. The average molecular weight is 456 g/mol. The van der Waals surface area contributed by atoms with Gasteiger partial charge < -0.3 is 20.4 Å². The molecule has 1 saturated carbocycles. The van der Waals surface area contributed by atoms with Crippen molar-refractivity contribution in [2.45, 2.75) is 25.4 Å². The predicted octanol–water partition coefficient (Wildman–Crippen LogP) is 2.75. The van der Waals surface area contributed by atoms with E-state index in [-0.39, 0.29) is 5.70 Å². The van der Waals surface area contributed by atoms with Crippen LogP contribution in [0.3, 0.4) is 0 Å². The second kappa shape index (κ2) is 8.03. The summed E-state index contributed by atoms with van der Waals surface area (Å²) < 4.78 is 7.17. The van der Waals surface area contributed by atoms with Crippen LogP contribution in [0.1, 0.15) is 24.0 Å². The van der Waals surface area contributed by atoms with Crippen molar-refractivity contribution < 1.29 is 14.0 Å². The van der Waals surface area contributed by atoms with Crippen molar-refractivity contribution in [2.75, 3.05) is 10.6 Å². The van der Waals surface area contributed by atoms with Gasteiger partial charge in [0.15, 0.2) is 5.65 Å². The molecule has 3 aromatic heterocycles. The number of benzene rings is 1. The third-order valence-electron chi connectivity index (χ3n) is 5.57. The Morgan fingerprint density at radius 2 is 2.00 bits per heavy atom. The van der Waals surface area contributed by atoms with Crippen LogP contribution in [0.15, 0.2) is 59.0 Å². The molecule has 4 N–H and O–H groups in total. The molecule has 11 heteroatoms. The summed E-state index contributed by atoms with van der Waals surface area (Å²) >= 11 is 0. The number of carbonyl (C=O) groups is 2. The fourth-order valence-electron chi connectivity index (χ4n) is 3.74. The lowest BCUT2D eigenvalue weighted by Crippen LogP contribution is -2.22. The Kier molecular flexibility index (Phi) is 4.72. The van der Waals surface area contributed by atoms with Crippen LogP contribution in [0.5, 0.6) is 0 Å². The topological polar surface area (TPSA) is 138 Å². The van der Waals surface area contributed by atoms with Gasteiger partial charge >= 0.3 is 6.03 Å². The first kappa shape index (κ1) is 20.0. The highest BCUT2D eigenvalue weighted by molar-refractivity contribution is 6.14. The number of furan rings is 1. The maximum atomic E-state index is 12.0. The van der Waals surface area contributed by atoms with Gasteiger partial charge in [0.2, 0.25) is 11.9 Å². The van der Waals surface area contributed by atoms with E-state index in [2.05, 4.69) is 36.3 Å². The number of fused-ring (bicyclic) bond motifs is 1. The van der Waals surface area contributed by atoms with E-state index in [1.807, 2.05) is 36.4 Å². The number of hydrogen-bond donors (Lipinski definition) is 4. The average Bonchev–Trinajstić information content (AvgIpc) is 3.20. The van der Waals surface area contributed by atoms with Gasteiger partial charge in [0.1, 0.15) is 11.5 Å². The number of aromatic nitrogens is 4. The van der Waals surface area contributed by atoms with Crippen molar-refractivity contribution in [1.29, 1.82) is 0 Å². The molecule has 4 aromatic rings. The summed E-state index contributed by atoms with van der Waals surface area (Å²) in [5.41, 5.74) is 3.22. The molecule has 11 nitrogen and oxygen atoms in total. The maximum Gasteiger partial charge on any atom is 0.326 e. The molecule has 2 aliphatic rings. The van der Waals surface area contributed by atoms with Gasteiger partial charge in [-0.15, -0.1) is 0 Å². The number of carbonyl (C=O) groups excluding carboxylic acids is 2. The number of urea groups is 1. The van der Waals surface area contributed by atoms with E-state index in [1.54, 1.807) is 23.1 Å². The first-order chi connectivity index (χ1) is 16.6. The number of imide groups is 1. The van der Waals surface area contributed by atoms with E-state index in [1.165, 1.54) is 0 Å². The van der Waals surface area contributed by atoms with E-state index >= 15 is 0 Å². The Morgan fingerprint density at radius 1 is 1.12 bits per heavy atom. The van der Waals surface area contributed by atoms with Gasteiger partial charge in [-0.05, 0) is 36.6 Å². The van der Waals surface area contributed by atoms with Crippen molar-refractivity contribution in [1.82, 2.24) is 30.2 Å². The molecule has 170 valence electrons. The molecule has 3 amide bonds. The SMILES string of the molecule is O=C1NC(=O)/C(=C/c2cnn3c(NC4CC4)nc(NCc4ccccc4-c4ccco4)nc23)N1. The highest BCUT2D eigenvalue weighted by Gasteiger charge is 2.26. The molecule has 2 fully saturated rings. The summed E-state index contributed by atoms with van der Waals surface area (Å²) in [4.78, 5) is 32.7. The monoisotopic (exact) mass is 456 g/mol. The zero-order valence-electron chi connectivity index (χ0n) is 17.9. The van der Waals surface area contributed by atoms with Gasteiger partial charge in [0.05, 0.1) is 12.5 Å². The minimum atomic E-state index is -0.559. The number of hydrogen-bond acceptors (Lipinski definition) is 8. The second-order valence-corrected chi connectivity index (χ2v) is 8.08. The Labute approximate surface area is 193 Å². The van der Waals surface area contributed by atoms with E-state index in [0.717, 1.165) is 29.7 Å². The van der Waals surface area contributed by atoms with Gasteiger partial charge in [-0.3, -0.25) is 10.1 Å². The number of amides is 3. The zero-order valence-corrected chi connectivity index (χ0v) is 17.9. The molecule has 0 spiro atoms. The Hall–Kier alpha value is -4.67. The van der Waals surface area contributed by atoms with Gasteiger partial charge in [-0.2, -0.15) is 19.6 Å². The molecule has 1 aliphatic carbocycles. The molecule has 1 aliphatic heterocycles. The van der Waals surface area contributed by atoms with Crippen molar-refractivity contribution >= 4 is 35.6 Å². The summed E-state index contributed by atoms with van der Waals surface area (Å²) in [6.07, 6.45) is 6.91. The molecule has 1 saturated heterocycles. The van der Waals surface area contributed by atoms with Crippen molar-refractivity contribution in [3.05, 3.63) is 65.7 Å². The second-order valence-electron chi connectivity index (χ2n) is 8.08.